The largest absolute Gasteiger partial charge is 0.381 e. The van der Waals surface area contributed by atoms with Gasteiger partial charge in [-0.15, -0.1) is 0 Å². The van der Waals surface area contributed by atoms with Gasteiger partial charge in [0, 0.05) is 62.2 Å². The van der Waals surface area contributed by atoms with E-state index in [0.717, 1.165) is 6.04 Å². The molecule has 4 heteroatoms. The second-order valence-electron chi connectivity index (χ2n) is 3.93. The summed E-state index contributed by atoms with van der Waals surface area (Å²) in [6.07, 6.45) is 3.04. The summed E-state index contributed by atoms with van der Waals surface area (Å²) in [6.45, 7) is 4.91. The first-order chi connectivity index (χ1) is 6.29. The Bertz CT molecular complexity index is 165. The van der Waals surface area contributed by atoms with Gasteiger partial charge in [0.25, 0.3) is 0 Å². The van der Waals surface area contributed by atoms with E-state index in [1.165, 1.54) is 39.0 Å². The molecule has 1 heterocycles. The second-order valence-corrected chi connectivity index (χ2v) is 5.29. The molecule has 0 unspecified atom stereocenters. The van der Waals surface area contributed by atoms with Crippen LogP contribution in [0.25, 0.3) is 0 Å². The molecule has 0 radical (unpaired) electrons. The highest BCUT2D eigenvalue weighted by Crippen LogP contribution is 2.28. The van der Waals surface area contributed by atoms with Crippen molar-refractivity contribution >= 4 is 22.9 Å². The van der Waals surface area contributed by atoms with E-state index < -0.39 is 0 Å². The van der Waals surface area contributed by atoms with Crippen LogP contribution >= 0.6 is 22.9 Å². The minimum absolute atomic E-state index is 0.544. The predicted molar refractivity (Wildman–Crippen MR) is 61.0 cm³/mol. The van der Waals surface area contributed by atoms with E-state index in [0.29, 0.717) is 6.10 Å². The number of rotatable bonds is 2. The van der Waals surface area contributed by atoms with Gasteiger partial charge in [-0.2, -0.15) is 0 Å². The fraction of sp³-hybridized carbons (Fsp3) is 1.00. The van der Waals surface area contributed by atoms with E-state index >= 15 is 0 Å². The maximum atomic E-state index is 5.29. The number of methoxy groups -OCH3 is 1. The quantitative estimate of drug-likeness (QED) is 0.561. The SMILES string of the molecule is COC1CC(N2CCN(I)CC2)C1. The molecule has 0 atom stereocenters. The fourth-order valence-corrected chi connectivity index (χ4v) is 2.52. The minimum atomic E-state index is 0.544. The molecule has 1 aliphatic heterocycles. The Kier molecular flexibility index (Phi) is 3.45. The summed E-state index contributed by atoms with van der Waals surface area (Å²) in [5.41, 5.74) is 0. The summed E-state index contributed by atoms with van der Waals surface area (Å²) in [5.74, 6) is 0. The molecule has 1 aliphatic carbocycles. The van der Waals surface area contributed by atoms with Crippen molar-refractivity contribution in [1.82, 2.24) is 8.01 Å². The molecule has 0 spiro atoms. The first-order valence-corrected chi connectivity index (χ1v) is 5.93. The van der Waals surface area contributed by atoms with Crippen LogP contribution in [0, 0.1) is 0 Å². The van der Waals surface area contributed by atoms with Crippen molar-refractivity contribution in [3.63, 3.8) is 0 Å². The van der Waals surface area contributed by atoms with Crippen LogP contribution in [0.1, 0.15) is 12.8 Å². The third kappa shape index (κ3) is 2.34. The van der Waals surface area contributed by atoms with Gasteiger partial charge in [-0.05, 0) is 12.8 Å². The zero-order chi connectivity index (χ0) is 9.26. The molecule has 2 fully saturated rings. The maximum absolute atomic E-state index is 5.29. The molecule has 3 nitrogen and oxygen atoms in total. The molecular formula is C9H17IN2O. The minimum Gasteiger partial charge on any atom is -0.381 e. The molecule has 13 heavy (non-hydrogen) atoms. The van der Waals surface area contributed by atoms with Crippen molar-refractivity contribution in [2.75, 3.05) is 33.3 Å². The van der Waals surface area contributed by atoms with Gasteiger partial charge in [-0.3, -0.25) is 4.90 Å². The molecule has 2 aliphatic rings. The topological polar surface area (TPSA) is 15.7 Å². The maximum Gasteiger partial charge on any atom is 0.0601 e. The van der Waals surface area contributed by atoms with Crippen molar-refractivity contribution in [3.8, 4) is 0 Å². The van der Waals surface area contributed by atoms with Gasteiger partial charge in [-0.25, -0.2) is 3.11 Å². The first kappa shape index (κ1) is 10.1. The zero-order valence-corrected chi connectivity index (χ0v) is 10.2. The number of halogens is 1. The van der Waals surface area contributed by atoms with Gasteiger partial charge in [0.1, 0.15) is 0 Å². The molecule has 1 saturated carbocycles. The lowest BCUT2D eigenvalue weighted by molar-refractivity contribution is -0.0333. The Morgan fingerprint density at radius 1 is 1.15 bits per heavy atom. The van der Waals surface area contributed by atoms with Crippen LogP contribution in [0.15, 0.2) is 0 Å². The van der Waals surface area contributed by atoms with E-state index in [9.17, 15) is 0 Å². The highest BCUT2D eigenvalue weighted by Gasteiger charge is 2.34. The number of ether oxygens (including phenoxy) is 1. The third-order valence-electron chi connectivity index (χ3n) is 3.18. The highest BCUT2D eigenvalue weighted by molar-refractivity contribution is 14.1. The summed E-state index contributed by atoms with van der Waals surface area (Å²) in [4.78, 5) is 2.62. The van der Waals surface area contributed by atoms with Crippen molar-refractivity contribution in [2.24, 2.45) is 0 Å². The Labute approximate surface area is 93.9 Å². The van der Waals surface area contributed by atoms with E-state index in [2.05, 4.69) is 30.9 Å². The molecule has 0 aromatic heterocycles. The summed E-state index contributed by atoms with van der Waals surface area (Å²) in [5, 5.41) is 0. The van der Waals surface area contributed by atoms with Crippen LogP contribution in [0.2, 0.25) is 0 Å². The van der Waals surface area contributed by atoms with E-state index in [-0.39, 0.29) is 0 Å². The first-order valence-electron chi connectivity index (χ1n) is 4.97. The predicted octanol–water partition coefficient (Wildman–Crippen LogP) is 1.13. The lowest BCUT2D eigenvalue weighted by atomic mass is 9.87. The molecule has 1 saturated heterocycles. The summed E-state index contributed by atoms with van der Waals surface area (Å²) in [7, 11) is 1.82. The monoisotopic (exact) mass is 296 g/mol. The van der Waals surface area contributed by atoms with Crippen molar-refractivity contribution in [1.29, 1.82) is 0 Å². The number of nitrogens with zero attached hydrogens (tertiary/aromatic N) is 2. The molecule has 0 aromatic rings. The van der Waals surface area contributed by atoms with E-state index in [4.69, 9.17) is 4.74 Å². The van der Waals surface area contributed by atoms with Crippen LogP contribution in [0.4, 0.5) is 0 Å². The van der Waals surface area contributed by atoms with Crippen LogP contribution in [0.5, 0.6) is 0 Å². The summed E-state index contributed by atoms with van der Waals surface area (Å²) in [6, 6.07) is 0.815. The van der Waals surface area contributed by atoms with Gasteiger partial charge in [-0.1, -0.05) is 0 Å². The number of hydrogen-bond donors (Lipinski definition) is 0. The van der Waals surface area contributed by atoms with Crippen LogP contribution in [0.3, 0.4) is 0 Å². The standard InChI is InChI=1S/C9H17IN2O/c1-13-9-6-8(7-9)11-2-4-12(10)5-3-11/h8-9H,2-7H2,1H3. The number of hydrogen-bond acceptors (Lipinski definition) is 3. The van der Waals surface area contributed by atoms with Gasteiger partial charge in [0.15, 0.2) is 0 Å². The normalized spacial score (nSPS) is 37.4. The average molecular weight is 296 g/mol. The molecule has 76 valence electrons. The Morgan fingerprint density at radius 2 is 1.77 bits per heavy atom. The molecular weight excluding hydrogens is 279 g/mol. The summed E-state index contributed by atoms with van der Waals surface area (Å²) >= 11 is 2.41. The van der Waals surface area contributed by atoms with Gasteiger partial charge < -0.3 is 4.74 Å². The Hall–Kier alpha value is 0.610. The van der Waals surface area contributed by atoms with Crippen molar-refractivity contribution in [2.45, 2.75) is 25.0 Å². The third-order valence-corrected chi connectivity index (χ3v) is 4.14. The molecule has 0 bridgehead atoms. The smallest absolute Gasteiger partial charge is 0.0601 e. The molecule has 0 amide bonds. The average Bonchev–Trinajstić information content (AvgIpc) is 2.06. The van der Waals surface area contributed by atoms with E-state index in [1.807, 2.05) is 7.11 Å². The lowest BCUT2D eigenvalue weighted by Crippen LogP contribution is -2.53. The summed E-state index contributed by atoms with van der Waals surface area (Å²) < 4.78 is 7.67. The van der Waals surface area contributed by atoms with E-state index in [1.54, 1.807) is 0 Å². The second kappa shape index (κ2) is 4.42. The lowest BCUT2D eigenvalue weighted by Gasteiger charge is -2.44. The van der Waals surface area contributed by atoms with Gasteiger partial charge in [0.2, 0.25) is 0 Å². The molecule has 0 N–H and O–H groups in total. The van der Waals surface area contributed by atoms with Gasteiger partial charge >= 0.3 is 0 Å². The fourth-order valence-electron chi connectivity index (χ4n) is 2.09. The van der Waals surface area contributed by atoms with Crippen molar-refractivity contribution < 1.29 is 4.74 Å². The Morgan fingerprint density at radius 3 is 2.31 bits per heavy atom. The number of piperazine rings is 1. The van der Waals surface area contributed by atoms with Crippen LogP contribution < -0.4 is 0 Å². The van der Waals surface area contributed by atoms with Crippen molar-refractivity contribution in [3.05, 3.63) is 0 Å². The van der Waals surface area contributed by atoms with Gasteiger partial charge in [0.05, 0.1) is 6.10 Å². The van der Waals surface area contributed by atoms with Crippen LogP contribution in [-0.4, -0.2) is 53.4 Å². The highest BCUT2D eigenvalue weighted by atomic mass is 127. The Balaban J connectivity index is 1.71. The molecule has 2 rings (SSSR count). The zero-order valence-electron chi connectivity index (χ0n) is 8.08. The molecule has 0 aromatic carbocycles. The van der Waals surface area contributed by atoms with Crippen LogP contribution in [-0.2, 0) is 4.74 Å².